The number of ether oxygens (including phenoxy) is 2. The molecule has 0 unspecified atom stereocenters. The number of rotatable bonds is 3. The van der Waals surface area contributed by atoms with Gasteiger partial charge in [0.25, 0.3) is 0 Å². The minimum Gasteiger partial charge on any atom is -0.496 e. The molecular weight excluding hydrogens is 278 g/mol. The van der Waals surface area contributed by atoms with E-state index < -0.39 is 0 Å². The standard InChI is InChI=1S/C13H11N3O3S/c1-17-7-3-9(18-2)11-10(4-7)19-5-8(12(11)20)13-14-6-15-16-13/h3-6H,1-2H3,(H,14,15,16). The number of benzene rings is 1. The third kappa shape index (κ3) is 1.92. The zero-order valence-corrected chi connectivity index (χ0v) is 11.7. The van der Waals surface area contributed by atoms with Crippen molar-refractivity contribution in [2.45, 2.75) is 0 Å². The molecule has 0 aliphatic heterocycles. The highest BCUT2D eigenvalue weighted by Gasteiger charge is 2.14. The monoisotopic (exact) mass is 289 g/mol. The average molecular weight is 289 g/mol. The molecule has 2 aromatic heterocycles. The van der Waals surface area contributed by atoms with E-state index >= 15 is 0 Å². The lowest BCUT2D eigenvalue weighted by Gasteiger charge is -2.09. The second-order valence-corrected chi connectivity index (χ2v) is 4.42. The van der Waals surface area contributed by atoms with E-state index in [1.807, 2.05) is 0 Å². The topological polar surface area (TPSA) is 73.2 Å². The third-order valence-electron chi connectivity index (χ3n) is 2.94. The average Bonchev–Trinajstić information content (AvgIpc) is 3.00. The molecule has 0 amide bonds. The minimum absolute atomic E-state index is 0.554. The quantitative estimate of drug-likeness (QED) is 0.747. The fraction of sp³-hybridized carbons (Fsp3) is 0.154. The zero-order chi connectivity index (χ0) is 14.1. The summed E-state index contributed by atoms with van der Waals surface area (Å²) in [6.07, 6.45) is 2.96. The maximum Gasteiger partial charge on any atom is 0.160 e. The molecule has 0 bridgehead atoms. The molecule has 1 N–H and O–H groups in total. The van der Waals surface area contributed by atoms with Gasteiger partial charge in [0.1, 0.15) is 29.7 Å². The van der Waals surface area contributed by atoms with E-state index in [2.05, 4.69) is 15.2 Å². The smallest absolute Gasteiger partial charge is 0.160 e. The van der Waals surface area contributed by atoms with Crippen LogP contribution in [0.5, 0.6) is 11.5 Å². The van der Waals surface area contributed by atoms with Gasteiger partial charge in [0, 0.05) is 12.1 Å². The molecule has 1 aromatic carbocycles. The van der Waals surface area contributed by atoms with Crippen molar-refractivity contribution in [2.75, 3.05) is 14.2 Å². The zero-order valence-electron chi connectivity index (χ0n) is 10.8. The van der Waals surface area contributed by atoms with Crippen LogP contribution in [-0.2, 0) is 0 Å². The van der Waals surface area contributed by atoms with Crippen LogP contribution in [-0.4, -0.2) is 29.4 Å². The molecule has 0 radical (unpaired) electrons. The van der Waals surface area contributed by atoms with Crippen molar-refractivity contribution >= 4 is 23.2 Å². The summed E-state index contributed by atoms with van der Waals surface area (Å²) >= 11 is 5.51. The summed E-state index contributed by atoms with van der Waals surface area (Å²) in [5.74, 6) is 1.79. The number of H-pyrrole nitrogens is 1. The Morgan fingerprint density at radius 1 is 1.25 bits per heavy atom. The molecule has 102 valence electrons. The molecule has 7 heteroatoms. The second kappa shape index (κ2) is 4.93. The number of aromatic amines is 1. The van der Waals surface area contributed by atoms with Crippen LogP contribution in [0.25, 0.3) is 22.4 Å². The van der Waals surface area contributed by atoms with Crippen molar-refractivity contribution in [2.24, 2.45) is 0 Å². The van der Waals surface area contributed by atoms with Crippen molar-refractivity contribution in [1.29, 1.82) is 0 Å². The predicted octanol–water partition coefficient (Wildman–Crippen LogP) is 2.96. The van der Waals surface area contributed by atoms with Gasteiger partial charge in [-0.15, -0.1) is 0 Å². The van der Waals surface area contributed by atoms with Crippen molar-refractivity contribution in [3.05, 3.63) is 29.2 Å². The van der Waals surface area contributed by atoms with Gasteiger partial charge in [0.05, 0.1) is 29.7 Å². The predicted molar refractivity (Wildman–Crippen MR) is 75.5 cm³/mol. The highest BCUT2D eigenvalue weighted by molar-refractivity contribution is 7.71. The molecule has 2 heterocycles. The molecule has 3 rings (SSSR count). The minimum atomic E-state index is 0.554. The van der Waals surface area contributed by atoms with E-state index in [4.69, 9.17) is 26.1 Å². The molecule has 0 fully saturated rings. The van der Waals surface area contributed by atoms with Gasteiger partial charge in [-0.2, -0.15) is 5.10 Å². The first kappa shape index (κ1) is 12.6. The summed E-state index contributed by atoms with van der Waals surface area (Å²) in [6.45, 7) is 0. The Morgan fingerprint density at radius 3 is 2.75 bits per heavy atom. The van der Waals surface area contributed by atoms with Crippen molar-refractivity contribution in [3.63, 3.8) is 0 Å². The van der Waals surface area contributed by atoms with Crippen LogP contribution in [0.4, 0.5) is 0 Å². The fourth-order valence-electron chi connectivity index (χ4n) is 1.97. The molecule has 20 heavy (non-hydrogen) atoms. The Bertz CT molecular complexity index is 812. The van der Waals surface area contributed by atoms with Gasteiger partial charge < -0.3 is 13.9 Å². The number of aromatic nitrogens is 3. The number of nitrogens with one attached hydrogen (secondary N) is 1. The van der Waals surface area contributed by atoms with Crippen LogP contribution in [0, 0.1) is 4.51 Å². The van der Waals surface area contributed by atoms with Gasteiger partial charge in [-0.3, -0.25) is 5.10 Å². The lowest BCUT2D eigenvalue weighted by molar-refractivity contribution is 0.396. The summed E-state index contributed by atoms with van der Waals surface area (Å²) in [5, 5.41) is 7.29. The van der Waals surface area contributed by atoms with Gasteiger partial charge in [0.2, 0.25) is 0 Å². The molecular formula is C13H11N3O3S. The highest BCUT2D eigenvalue weighted by atomic mass is 32.1. The van der Waals surface area contributed by atoms with E-state index in [0.717, 1.165) is 0 Å². The number of hydrogen-bond donors (Lipinski definition) is 1. The summed E-state index contributed by atoms with van der Waals surface area (Å²) in [6, 6.07) is 3.52. The number of fused-ring (bicyclic) bond motifs is 1. The number of hydrogen-bond acceptors (Lipinski definition) is 6. The third-order valence-corrected chi connectivity index (χ3v) is 3.36. The maximum atomic E-state index is 5.62. The van der Waals surface area contributed by atoms with E-state index in [0.29, 0.717) is 38.4 Å². The Kier molecular flexibility index (Phi) is 3.11. The van der Waals surface area contributed by atoms with Crippen LogP contribution >= 0.6 is 12.2 Å². The van der Waals surface area contributed by atoms with Crippen molar-refractivity contribution < 1.29 is 13.9 Å². The van der Waals surface area contributed by atoms with Gasteiger partial charge in [-0.1, -0.05) is 12.2 Å². The van der Waals surface area contributed by atoms with Crippen LogP contribution in [0.3, 0.4) is 0 Å². The molecule has 0 spiro atoms. The van der Waals surface area contributed by atoms with E-state index in [1.54, 1.807) is 32.6 Å². The largest absolute Gasteiger partial charge is 0.496 e. The summed E-state index contributed by atoms with van der Waals surface area (Å²) < 4.78 is 16.8. The Labute approximate surface area is 119 Å². The van der Waals surface area contributed by atoms with Crippen LogP contribution in [0.2, 0.25) is 0 Å². The molecule has 0 saturated heterocycles. The van der Waals surface area contributed by atoms with Crippen molar-refractivity contribution in [1.82, 2.24) is 15.2 Å². The van der Waals surface area contributed by atoms with E-state index in [-0.39, 0.29) is 0 Å². The maximum absolute atomic E-state index is 5.62. The summed E-state index contributed by atoms with van der Waals surface area (Å²) in [4.78, 5) is 4.08. The number of methoxy groups -OCH3 is 2. The first-order valence-corrected chi connectivity index (χ1v) is 6.18. The van der Waals surface area contributed by atoms with E-state index in [9.17, 15) is 0 Å². The first-order chi connectivity index (χ1) is 9.74. The molecule has 0 aliphatic carbocycles. The van der Waals surface area contributed by atoms with Crippen LogP contribution < -0.4 is 9.47 Å². The van der Waals surface area contributed by atoms with Crippen molar-refractivity contribution in [3.8, 4) is 22.9 Å². The molecule has 6 nitrogen and oxygen atoms in total. The first-order valence-electron chi connectivity index (χ1n) is 5.78. The SMILES string of the molecule is COc1cc(OC)c2c(=S)c(-c3ncn[nH]3)coc2c1. The second-order valence-electron chi connectivity index (χ2n) is 4.02. The Hall–Kier alpha value is -2.41. The van der Waals surface area contributed by atoms with Gasteiger partial charge in [0.15, 0.2) is 5.82 Å². The van der Waals surface area contributed by atoms with E-state index in [1.165, 1.54) is 6.33 Å². The summed E-state index contributed by atoms with van der Waals surface area (Å²) in [5.41, 5.74) is 1.25. The highest BCUT2D eigenvalue weighted by Crippen LogP contribution is 2.34. The van der Waals surface area contributed by atoms with Gasteiger partial charge in [-0.05, 0) is 0 Å². The molecule has 0 atom stereocenters. The molecule has 3 aromatic rings. The van der Waals surface area contributed by atoms with Gasteiger partial charge in [-0.25, -0.2) is 4.98 Å². The lowest BCUT2D eigenvalue weighted by atomic mass is 10.1. The van der Waals surface area contributed by atoms with Crippen LogP contribution in [0.15, 0.2) is 29.1 Å². The molecule has 0 aliphatic rings. The van der Waals surface area contributed by atoms with Crippen LogP contribution in [0.1, 0.15) is 0 Å². The lowest BCUT2D eigenvalue weighted by Crippen LogP contribution is -1.91. The molecule has 0 saturated carbocycles. The fourth-order valence-corrected chi connectivity index (χ4v) is 2.32. The number of nitrogens with zero attached hydrogens (tertiary/aromatic N) is 2. The summed E-state index contributed by atoms with van der Waals surface area (Å²) in [7, 11) is 3.15. The Morgan fingerprint density at radius 2 is 2.10 bits per heavy atom. The Balaban J connectivity index is 2.35. The van der Waals surface area contributed by atoms with Gasteiger partial charge >= 0.3 is 0 Å². The normalized spacial score (nSPS) is 10.7.